The molecule has 0 unspecified atom stereocenters. The van der Waals surface area contributed by atoms with Crippen LogP contribution in [-0.4, -0.2) is 28.6 Å². The molecule has 0 atom stereocenters. The van der Waals surface area contributed by atoms with E-state index in [1.54, 1.807) is 0 Å². The van der Waals surface area contributed by atoms with Crippen LogP contribution in [0.3, 0.4) is 0 Å². The number of ether oxygens (including phenoxy) is 2. The number of anilines is 1. The van der Waals surface area contributed by atoms with Crippen LogP contribution < -0.4 is 30.8 Å². The van der Waals surface area contributed by atoms with Crippen molar-refractivity contribution in [2.45, 2.75) is 38.8 Å². The zero-order chi connectivity index (χ0) is 28.6. The van der Waals surface area contributed by atoms with Crippen LogP contribution in [0.15, 0.2) is 114 Å². The molecule has 0 fully saturated rings. The van der Waals surface area contributed by atoms with Gasteiger partial charge >= 0.3 is 0 Å². The molecule has 0 amide bonds. The number of nitrogens with zero attached hydrogens (tertiary/aromatic N) is 3. The second-order valence-corrected chi connectivity index (χ2v) is 12.2. The molecule has 0 aliphatic carbocycles. The predicted octanol–water partition coefficient (Wildman–Crippen LogP) is 6.30. The third-order valence-electron chi connectivity index (χ3n) is 9.23. The van der Waals surface area contributed by atoms with Gasteiger partial charge in [-0.1, -0.05) is 60.7 Å². The van der Waals surface area contributed by atoms with Gasteiger partial charge in [0.2, 0.25) is 0 Å². The number of aromatic nitrogens is 1. The summed E-state index contributed by atoms with van der Waals surface area (Å²) >= 11 is 0. The summed E-state index contributed by atoms with van der Waals surface area (Å²) < 4.78 is 13.0. The molecule has 0 saturated heterocycles. The number of benzene rings is 4. The van der Waals surface area contributed by atoms with Crippen LogP contribution in [0.1, 0.15) is 33.4 Å². The average molecular weight is 547 g/mol. The van der Waals surface area contributed by atoms with Gasteiger partial charge in [0.05, 0.1) is 16.8 Å². The molecule has 0 bridgehead atoms. The minimum Gasteiger partial charge on any atom is -0.458 e. The first kappa shape index (κ1) is 24.9. The first-order valence-electron chi connectivity index (χ1n) is 14.5. The van der Waals surface area contributed by atoms with Crippen LogP contribution in [0.2, 0.25) is 0 Å². The summed E-state index contributed by atoms with van der Waals surface area (Å²) in [5.41, 5.74) is 6.50. The van der Waals surface area contributed by atoms with Gasteiger partial charge in [0.25, 0.3) is 6.71 Å². The topological polar surface area (TPSA) is 47.0 Å². The van der Waals surface area contributed by atoms with E-state index in [2.05, 4.69) is 99.3 Å². The van der Waals surface area contributed by atoms with Gasteiger partial charge in [-0.3, -0.25) is 4.99 Å². The van der Waals surface area contributed by atoms with Crippen LogP contribution in [0.4, 0.5) is 5.69 Å². The highest BCUT2D eigenvalue weighted by Gasteiger charge is 2.50. The van der Waals surface area contributed by atoms with Gasteiger partial charge < -0.3 is 14.4 Å². The standard InChI is InChI=1S/C36H30BN3O2/c1-35(2)36(3,4)40(24-13-6-5-7-14-24)34(39-35)28-18-12-17-27(38-28)23-21-31-33-32(22-23)42-30-20-11-9-16-26(30)37(33)25-15-8-10-19-29(25)41-31/h5-22H,1-4H3. The Morgan fingerprint density at radius 2 is 1.19 bits per heavy atom. The van der Waals surface area contributed by atoms with Crippen LogP contribution in [0, 0.1) is 0 Å². The molecule has 0 saturated carbocycles. The molecule has 8 rings (SSSR count). The van der Waals surface area contributed by atoms with Crippen molar-refractivity contribution in [3.8, 4) is 34.3 Å². The van der Waals surface area contributed by atoms with E-state index in [1.807, 2.05) is 42.5 Å². The molecule has 0 N–H and O–H groups in total. The quantitative estimate of drug-likeness (QED) is 0.244. The number of pyridine rings is 1. The highest BCUT2D eigenvalue weighted by Crippen LogP contribution is 2.42. The summed E-state index contributed by atoms with van der Waals surface area (Å²) in [4.78, 5) is 12.8. The minimum absolute atomic E-state index is 0.0509. The van der Waals surface area contributed by atoms with Gasteiger partial charge in [-0.2, -0.15) is 0 Å². The maximum absolute atomic E-state index is 6.52. The first-order valence-corrected chi connectivity index (χ1v) is 14.5. The van der Waals surface area contributed by atoms with Crippen molar-refractivity contribution in [2.24, 2.45) is 4.99 Å². The number of amidine groups is 1. The molecule has 4 heterocycles. The van der Waals surface area contributed by atoms with Gasteiger partial charge in [-0.25, -0.2) is 4.98 Å². The lowest BCUT2D eigenvalue weighted by Gasteiger charge is -2.41. The molecule has 1 aromatic heterocycles. The van der Waals surface area contributed by atoms with Crippen LogP contribution in [0.25, 0.3) is 11.3 Å². The first-order chi connectivity index (χ1) is 20.3. The lowest BCUT2D eigenvalue weighted by molar-refractivity contribution is 0.338. The highest BCUT2D eigenvalue weighted by atomic mass is 16.5. The minimum atomic E-state index is -0.316. The van der Waals surface area contributed by atoms with Crippen molar-refractivity contribution in [2.75, 3.05) is 4.90 Å². The third-order valence-corrected chi connectivity index (χ3v) is 9.23. The molecule has 42 heavy (non-hydrogen) atoms. The van der Waals surface area contributed by atoms with Crippen molar-refractivity contribution in [1.29, 1.82) is 0 Å². The Hall–Kier alpha value is -4.84. The van der Waals surface area contributed by atoms with Gasteiger partial charge in [0, 0.05) is 16.7 Å². The van der Waals surface area contributed by atoms with Crippen molar-refractivity contribution in [3.05, 3.63) is 115 Å². The molecule has 0 spiro atoms. The van der Waals surface area contributed by atoms with Crippen LogP contribution >= 0.6 is 0 Å². The van der Waals surface area contributed by atoms with E-state index in [0.717, 1.165) is 67.9 Å². The predicted molar refractivity (Wildman–Crippen MR) is 171 cm³/mol. The van der Waals surface area contributed by atoms with Crippen molar-refractivity contribution in [1.82, 2.24) is 4.98 Å². The SMILES string of the molecule is CC1(C)N=C(c2cccc(-c3cc4c5c(c3)Oc3ccccc3B5c3ccccc3O4)n2)N(c2ccccc2)C1(C)C. The largest absolute Gasteiger partial charge is 0.458 e. The fourth-order valence-corrected chi connectivity index (χ4v) is 6.45. The summed E-state index contributed by atoms with van der Waals surface area (Å²) in [6.07, 6.45) is 0. The lowest BCUT2D eigenvalue weighted by Crippen LogP contribution is -2.57. The Labute approximate surface area is 246 Å². The van der Waals surface area contributed by atoms with E-state index in [-0.39, 0.29) is 17.8 Å². The third kappa shape index (κ3) is 3.57. The molecule has 5 aromatic rings. The second kappa shape index (κ2) is 8.83. The van der Waals surface area contributed by atoms with Crippen molar-refractivity contribution in [3.63, 3.8) is 0 Å². The number of fused-ring (bicyclic) bond motifs is 4. The summed E-state index contributed by atoms with van der Waals surface area (Å²) in [6, 6.07) is 37.4. The van der Waals surface area contributed by atoms with E-state index in [4.69, 9.17) is 19.5 Å². The lowest BCUT2D eigenvalue weighted by atomic mass is 9.35. The molecule has 204 valence electrons. The van der Waals surface area contributed by atoms with Crippen LogP contribution in [-0.2, 0) is 0 Å². The zero-order valence-corrected chi connectivity index (χ0v) is 24.1. The van der Waals surface area contributed by atoms with Crippen LogP contribution in [0.5, 0.6) is 23.0 Å². The summed E-state index contributed by atoms with van der Waals surface area (Å²) in [5.74, 6) is 4.23. The molecule has 5 nitrogen and oxygen atoms in total. The molecule has 3 aliphatic heterocycles. The zero-order valence-electron chi connectivity index (χ0n) is 24.1. The van der Waals surface area contributed by atoms with Gasteiger partial charge in [-0.05, 0) is 87.2 Å². The summed E-state index contributed by atoms with van der Waals surface area (Å²) in [5, 5.41) is 0. The maximum Gasteiger partial charge on any atom is 0.260 e. The van der Waals surface area contributed by atoms with Gasteiger partial charge in [0.1, 0.15) is 28.7 Å². The molecule has 4 aromatic carbocycles. The van der Waals surface area contributed by atoms with Crippen molar-refractivity contribution < 1.29 is 9.47 Å². The van der Waals surface area contributed by atoms with E-state index in [9.17, 15) is 0 Å². The fourth-order valence-electron chi connectivity index (χ4n) is 6.45. The van der Waals surface area contributed by atoms with Gasteiger partial charge in [-0.15, -0.1) is 0 Å². The normalized spacial score (nSPS) is 16.9. The van der Waals surface area contributed by atoms with Crippen molar-refractivity contribution >= 4 is 34.6 Å². The Morgan fingerprint density at radius 1 is 0.619 bits per heavy atom. The molecule has 6 heteroatoms. The Kier molecular flexibility index (Phi) is 5.24. The molecular formula is C36H30BN3O2. The highest BCUT2D eigenvalue weighted by molar-refractivity contribution is 6.98. The van der Waals surface area contributed by atoms with E-state index in [0.29, 0.717) is 0 Å². The Balaban J connectivity index is 1.26. The Bertz CT molecular complexity index is 1840. The summed E-state index contributed by atoms with van der Waals surface area (Å²) in [7, 11) is 0. The smallest absolute Gasteiger partial charge is 0.260 e. The van der Waals surface area contributed by atoms with E-state index < -0.39 is 0 Å². The molecule has 3 aliphatic rings. The van der Waals surface area contributed by atoms with Gasteiger partial charge in [0.15, 0.2) is 5.84 Å². The number of hydrogen-bond acceptors (Lipinski definition) is 5. The number of hydrogen-bond donors (Lipinski definition) is 0. The number of aliphatic imine (C=N–C) groups is 1. The fraction of sp³-hybridized carbons (Fsp3) is 0.167. The molecular weight excluding hydrogens is 517 g/mol. The Morgan fingerprint density at radius 3 is 1.83 bits per heavy atom. The number of para-hydroxylation sites is 3. The monoisotopic (exact) mass is 547 g/mol. The molecule has 0 radical (unpaired) electrons. The number of rotatable bonds is 3. The maximum atomic E-state index is 6.52. The van der Waals surface area contributed by atoms with E-state index >= 15 is 0 Å². The average Bonchev–Trinajstić information content (AvgIpc) is 3.20. The summed E-state index contributed by atoms with van der Waals surface area (Å²) in [6.45, 7) is 8.92. The second-order valence-electron chi connectivity index (χ2n) is 12.2. The van der Waals surface area contributed by atoms with E-state index in [1.165, 1.54) is 0 Å².